The van der Waals surface area contributed by atoms with Gasteiger partial charge in [0.25, 0.3) is 0 Å². The van der Waals surface area contributed by atoms with Gasteiger partial charge in [-0.3, -0.25) is 0 Å². The molecule has 0 N–H and O–H groups in total. The fraction of sp³-hybridized carbons (Fsp3) is 0.900. The van der Waals surface area contributed by atoms with Crippen molar-refractivity contribution in [2.45, 2.75) is 19.9 Å². The van der Waals surface area contributed by atoms with E-state index in [1.54, 1.807) is 0 Å². The molecule has 0 heterocycles. The van der Waals surface area contributed by atoms with Crippen molar-refractivity contribution in [2.24, 2.45) is 4.99 Å². The second-order valence-electron chi connectivity index (χ2n) is 4.66. The number of rotatable bonds is 4. The second kappa shape index (κ2) is 6.32. The molecule has 0 radical (unpaired) electrons. The predicted molar refractivity (Wildman–Crippen MR) is 76.3 cm³/mol. The molecule has 0 aliphatic rings. The Morgan fingerprint density at radius 1 is 1.00 bits per heavy atom. The first-order valence-corrected chi connectivity index (χ1v) is 9.26. The molecule has 96 valence electrons. The van der Waals surface area contributed by atoms with Crippen LogP contribution in [0.15, 0.2) is 4.99 Å². The molecule has 0 unspecified atom stereocenters. The molecule has 6 heteroatoms. The molecule has 0 fully saturated rings. The summed E-state index contributed by atoms with van der Waals surface area (Å²) in [6.07, 6.45) is 0. The summed E-state index contributed by atoms with van der Waals surface area (Å²) >= 11 is 3.37. The van der Waals surface area contributed by atoms with E-state index in [9.17, 15) is 0 Å². The van der Waals surface area contributed by atoms with Gasteiger partial charge in [0.15, 0.2) is 0 Å². The quantitative estimate of drug-likeness (QED) is 0.339. The van der Waals surface area contributed by atoms with Crippen molar-refractivity contribution >= 4 is 26.5 Å². The van der Waals surface area contributed by atoms with E-state index in [-0.39, 0.29) is 0 Å². The zero-order valence-corrected chi connectivity index (χ0v) is 14.3. The minimum atomic E-state index is -1.62. The molecule has 0 saturated heterocycles. The summed E-state index contributed by atoms with van der Waals surface area (Å²) in [5, 5.41) is 0. The average molecular weight is 311 g/mol. The average Bonchev–Trinajstić information content (AvgIpc) is 2.11. The SMILES string of the molecule is CC(C)N=C(N(C)C)P(=[Se])(N(C)C)N(C)C. The first kappa shape index (κ1) is 16.3. The molecular formula is C10H25N4PSe. The summed E-state index contributed by atoms with van der Waals surface area (Å²) < 4.78 is 4.49. The van der Waals surface area contributed by atoms with Gasteiger partial charge in [-0.05, 0) is 0 Å². The van der Waals surface area contributed by atoms with Gasteiger partial charge >= 0.3 is 108 Å². The first-order valence-electron chi connectivity index (χ1n) is 5.35. The number of hydrogen-bond acceptors (Lipinski definition) is 3. The molecule has 0 rings (SSSR count). The summed E-state index contributed by atoms with van der Waals surface area (Å²) in [5.74, 6) is -1.62. The van der Waals surface area contributed by atoms with Gasteiger partial charge in [-0.25, -0.2) is 0 Å². The summed E-state index contributed by atoms with van der Waals surface area (Å²) in [4.78, 5) is 6.88. The van der Waals surface area contributed by atoms with Gasteiger partial charge < -0.3 is 0 Å². The number of nitrogens with zero attached hydrogens (tertiary/aromatic N) is 4. The number of hydrogen-bond donors (Lipinski definition) is 0. The fourth-order valence-electron chi connectivity index (χ4n) is 1.40. The molecule has 0 amide bonds. The number of aliphatic imine (C=N–C) groups is 1. The van der Waals surface area contributed by atoms with Crippen LogP contribution in [0, 0.1) is 0 Å². The molecule has 0 aliphatic heterocycles. The van der Waals surface area contributed by atoms with Gasteiger partial charge in [-0.2, -0.15) is 0 Å². The van der Waals surface area contributed by atoms with Crippen LogP contribution in [0.2, 0.25) is 0 Å². The molecule has 0 atom stereocenters. The van der Waals surface area contributed by atoms with E-state index < -0.39 is 5.81 Å². The molecular weight excluding hydrogens is 286 g/mol. The summed E-state index contributed by atoms with van der Waals surface area (Å²) in [6.45, 7) is 4.22. The minimum absolute atomic E-state index is 0.310. The van der Waals surface area contributed by atoms with Gasteiger partial charge in [0.05, 0.1) is 0 Å². The monoisotopic (exact) mass is 312 g/mol. The van der Waals surface area contributed by atoms with Crippen molar-refractivity contribution in [1.82, 2.24) is 14.2 Å². The maximum absolute atomic E-state index is 4.77. The third-order valence-electron chi connectivity index (χ3n) is 2.12. The summed E-state index contributed by atoms with van der Waals surface area (Å²) in [5.41, 5.74) is 1.14. The summed E-state index contributed by atoms with van der Waals surface area (Å²) in [6, 6.07) is 0.310. The Labute approximate surface area is 108 Å². The molecule has 0 aromatic heterocycles. The Morgan fingerprint density at radius 2 is 1.38 bits per heavy atom. The Balaban J connectivity index is 5.56. The number of amidine groups is 1. The molecule has 0 aromatic rings. The Bertz CT molecular complexity index is 285. The van der Waals surface area contributed by atoms with E-state index in [0.717, 1.165) is 5.58 Å². The van der Waals surface area contributed by atoms with Gasteiger partial charge in [0.2, 0.25) is 0 Å². The standard InChI is InChI=1S/C10H25N4PSe/c1-9(2)11-10(12(3)4)15(16,13(5)6)14(7)8/h9H,1-8H3. The van der Waals surface area contributed by atoms with E-state index in [2.05, 4.69) is 85.5 Å². The van der Waals surface area contributed by atoms with Crippen LogP contribution in [0.3, 0.4) is 0 Å². The van der Waals surface area contributed by atoms with Crippen LogP contribution in [-0.2, 0) is 0 Å². The van der Waals surface area contributed by atoms with Crippen LogP contribution in [-0.4, -0.2) is 83.2 Å². The fourth-order valence-corrected chi connectivity index (χ4v) is 5.06. The molecule has 0 bridgehead atoms. The first-order chi connectivity index (χ1) is 7.13. The zero-order valence-electron chi connectivity index (χ0n) is 11.7. The normalized spacial score (nSPS) is 14.1. The van der Waals surface area contributed by atoms with Crippen molar-refractivity contribution in [1.29, 1.82) is 0 Å². The van der Waals surface area contributed by atoms with Gasteiger partial charge in [-0.1, -0.05) is 0 Å². The topological polar surface area (TPSA) is 22.1 Å². The van der Waals surface area contributed by atoms with Crippen LogP contribution in [0.25, 0.3) is 0 Å². The molecule has 4 nitrogen and oxygen atoms in total. The van der Waals surface area contributed by atoms with Crippen LogP contribution < -0.4 is 0 Å². The van der Waals surface area contributed by atoms with E-state index in [1.807, 2.05) is 0 Å². The van der Waals surface area contributed by atoms with Gasteiger partial charge in [-0.15, -0.1) is 0 Å². The molecule has 0 aromatic carbocycles. The molecule has 16 heavy (non-hydrogen) atoms. The Morgan fingerprint density at radius 3 is 1.56 bits per heavy atom. The van der Waals surface area contributed by atoms with E-state index in [0.29, 0.717) is 6.04 Å². The van der Waals surface area contributed by atoms with Crippen molar-refractivity contribution < 1.29 is 0 Å². The molecule has 0 aliphatic carbocycles. The van der Waals surface area contributed by atoms with Gasteiger partial charge in [0.1, 0.15) is 0 Å². The predicted octanol–water partition coefficient (Wildman–Crippen LogP) is 1.37. The van der Waals surface area contributed by atoms with Crippen LogP contribution in [0.5, 0.6) is 0 Å². The van der Waals surface area contributed by atoms with Crippen LogP contribution in [0.4, 0.5) is 0 Å². The van der Waals surface area contributed by atoms with Crippen molar-refractivity contribution in [3.05, 3.63) is 0 Å². The second-order valence-corrected chi connectivity index (χ2v) is 10.9. The van der Waals surface area contributed by atoms with Gasteiger partial charge in [0, 0.05) is 0 Å². The molecule has 0 saturated carbocycles. The Hall–Kier alpha value is 0.339. The van der Waals surface area contributed by atoms with E-state index in [4.69, 9.17) is 4.99 Å². The molecule has 0 spiro atoms. The van der Waals surface area contributed by atoms with E-state index >= 15 is 0 Å². The van der Waals surface area contributed by atoms with E-state index in [1.165, 1.54) is 0 Å². The van der Waals surface area contributed by atoms with Crippen LogP contribution >= 0.6 is 5.81 Å². The van der Waals surface area contributed by atoms with Crippen molar-refractivity contribution in [2.75, 3.05) is 42.3 Å². The third-order valence-corrected chi connectivity index (χ3v) is 10.5. The zero-order chi connectivity index (χ0) is 13.1. The van der Waals surface area contributed by atoms with Crippen molar-refractivity contribution in [3.8, 4) is 0 Å². The third kappa shape index (κ3) is 3.68. The van der Waals surface area contributed by atoms with Crippen molar-refractivity contribution in [3.63, 3.8) is 0 Å². The maximum atomic E-state index is 4.77. The Kier molecular flexibility index (Phi) is 6.45. The summed E-state index contributed by atoms with van der Waals surface area (Å²) in [7, 11) is 12.5. The van der Waals surface area contributed by atoms with Crippen LogP contribution in [0.1, 0.15) is 13.8 Å².